The molecule has 3 heteroatoms. The molecule has 1 heterocycles. The average Bonchev–Trinajstić information content (AvgIpc) is 2.95. The Hall–Kier alpha value is -0.120. The summed E-state index contributed by atoms with van der Waals surface area (Å²) in [5.41, 5.74) is 6.58. The minimum absolute atomic E-state index is 0.383. The molecule has 0 radical (unpaired) electrons. The highest BCUT2D eigenvalue weighted by molar-refractivity contribution is 5.12. The molecule has 0 aromatic rings. The number of nitrogens with zero attached hydrogens (tertiary/aromatic N) is 2. The molecule has 2 saturated carbocycles. The largest absolute Gasteiger partial charge is 0.329 e. The van der Waals surface area contributed by atoms with Crippen molar-refractivity contribution in [2.24, 2.45) is 17.6 Å². The van der Waals surface area contributed by atoms with E-state index in [0.717, 1.165) is 24.4 Å². The number of hydrogen-bond donors (Lipinski definition) is 1. The maximum Gasteiger partial charge on any atom is 0.0363 e. The molecule has 0 aromatic carbocycles. The van der Waals surface area contributed by atoms with Crippen molar-refractivity contribution >= 4 is 0 Å². The second kappa shape index (κ2) is 4.22. The van der Waals surface area contributed by atoms with Gasteiger partial charge in [0, 0.05) is 31.2 Å². The first-order valence-corrected chi connectivity index (χ1v) is 7.29. The summed E-state index contributed by atoms with van der Waals surface area (Å²) in [6.45, 7) is 3.39. The Bertz CT molecular complexity index is 291. The minimum Gasteiger partial charge on any atom is -0.329 e. The standard InChI is InChI=1S/C14H27N3/c1-16(2)12-5-7-17(9-12)14(10-15)6-3-4-11-8-13(11)14/h11-13H,3-10,15H2,1-2H3. The van der Waals surface area contributed by atoms with Crippen LogP contribution in [0.4, 0.5) is 0 Å². The number of rotatable bonds is 3. The van der Waals surface area contributed by atoms with Gasteiger partial charge in [-0.3, -0.25) is 4.90 Å². The second-order valence-electron chi connectivity index (χ2n) is 6.65. The summed E-state index contributed by atoms with van der Waals surface area (Å²) in [5, 5.41) is 0. The smallest absolute Gasteiger partial charge is 0.0363 e. The van der Waals surface area contributed by atoms with E-state index in [4.69, 9.17) is 5.73 Å². The molecule has 0 aromatic heterocycles. The van der Waals surface area contributed by atoms with Crippen LogP contribution < -0.4 is 5.73 Å². The van der Waals surface area contributed by atoms with Crippen molar-refractivity contribution in [3.8, 4) is 0 Å². The van der Waals surface area contributed by atoms with Crippen molar-refractivity contribution in [3.05, 3.63) is 0 Å². The minimum atomic E-state index is 0.383. The van der Waals surface area contributed by atoms with Gasteiger partial charge in [-0.1, -0.05) is 12.8 Å². The molecular weight excluding hydrogens is 210 g/mol. The molecular formula is C14H27N3. The van der Waals surface area contributed by atoms with Crippen LogP contribution in [0.5, 0.6) is 0 Å². The van der Waals surface area contributed by atoms with Gasteiger partial charge < -0.3 is 10.6 Å². The summed E-state index contributed by atoms with van der Waals surface area (Å²) >= 11 is 0. The summed E-state index contributed by atoms with van der Waals surface area (Å²) in [6.07, 6.45) is 7.01. The van der Waals surface area contributed by atoms with E-state index in [2.05, 4.69) is 23.9 Å². The summed E-state index contributed by atoms with van der Waals surface area (Å²) in [5.74, 6) is 1.95. The molecule has 1 aliphatic heterocycles. The van der Waals surface area contributed by atoms with E-state index >= 15 is 0 Å². The van der Waals surface area contributed by atoms with Gasteiger partial charge in [0.15, 0.2) is 0 Å². The monoisotopic (exact) mass is 237 g/mol. The molecule has 17 heavy (non-hydrogen) atoms. The fourth-order valence-corrected chi connectivity index (χ4v) is 4.42. The van der Waals surface area contributed by atoms with Gasteiger partial charge in [0.05, 0.1) is 0 Å². The highest BCUT2D eigenvalue weighted by Gasteiger charge is 2.57. The third kappa shape index (κ3) is 1.83. The van der Waals surface area contributed by atoms with Crippen LogP contribution in [-0.4, -0.2) is 55.1 Å². The van der Waals surface area contributed by atoms with E-state index in [9.17, 15) is 0 Å². The van der Waals surface area contributed by atoms with Gasteiger partial charge in [0.2, 0.25) is 0 Å². The molecule has 4 unspecified atom stereocenters. The number of likely N-dealkylation sites (N-methyl/N-ethyl adjacent to an activating group) is 1. The molecule has 0 bridgehead atoms. The molecule has 2 aliphatic carbocycles. The first kappa shape index (κ1) is 11.9. The summed E-state index contributed by atoms with van der Waals surface area (Å²) in [6, 6.07) is 0.748. The highest BCUT2D eigenvalue weighted by Crippen LogP contribution is 2.57. The lowest BCUT2D eigenvalue weighted by Gasteiger charge is -2.44. The van der Waals surface area contributed by atoms with Crippen molar-refractivity contribution in [2.45, 2.75) is 43.7 Å². The highest BCUT2D eigenvalue weighted by atomic mass is 15.3. The summed E-state index contributed by atoms with van der Waals surface area (Å²) in [4.78, 5) is 5.14. The van der Waals surface area contributed by atoms with Crippen molar-refractivity contribution in [3.63, 3.8) is 0 Å². The van der Waals surface area contributed by atoms with Crippen LogP contribution in [0, 0.1) is 11.8 Å². The van der Waals surface area contributed by atoms with Crippen LogP contribution in [0.25, 0.3) is 0 Å². The molecule has 4 atom stereocenters. The van der Waals surface area contributed by atoms with Gasteiger partial charge in [-0.2, -0.15) is 0 Å². The van der Waals surface area contributed by atoms with E-state index in [0.29, 0.717) is 5.54 Å². The fourth-order valence-electron chi connectivity index (χ4n) is 4.42. The maximum atomic E-state index is 6.20. The Morgan fingerprint density at radius 1 is 1.35 bits per heavy atom. The van der Waals surface area contributed by atoms with Crippen molar-refractivity contribution in [2.75, 3.05) is 33.7 Å². The first-order chi connectivity index (χ1) is 8.17. The zero-order valence-electron chi connectivity index (χ0n) is 11.4. The maximum absolute atomic E-state index is 6.20. The van der Waals surface area contributed by atoms with Crippen molar-refractivity contribution < 1.29 is 0 Å². The Balaban J connectivity index is 1.73. The predicted molar refractivity (Wildman–Crippen MR) is 70.9 cm³/mol. The third-order valence-electron chi connectivity index (χ3n) is 5.67. The van der Waals surface area contributed by atoms with Gasteiger partial charge in [0.1, 0.15) is 0 Å². The van der Waals surface area contributed by atoms with E-state index < -0.39 is 0 Å². The zero-order valence-corrected chi connectivity index (χ0v) is 11.4. The SMILES string of the molecule is CN(C)C1CCN(C2(CN)CCCC3CC32)C1. The molecule has 0 spiro atoms. The van der Waals surface area contributed by atoms with Crippen LogP contribution in [0.15, 0.2) is 0 Å². The predicted octanol–water partition coefficient (Wildman–Crippen LogP) is 1.14. The second-order valence-corrected chi connectivity index (χ2v) is 6.65. The number of hydrogen-bond acceptors (Lipinski definition) is 3. The van der Waals surface area contributed by atoms with Gasteiger partial charge in [-0.05, 0) is 45.2 Å². The Morgan fingerprint density at radius 2 is 2.18 bits per heavy atom. The van der Waals surface area contributed by atoms with E-state index in [1.807, 2.05) is 0 Å². The van der Waals surface area contributed by atoms with Crippen molar-refractivity contribution in [1.82, 2.24) is 9.80 Å². The first-order valence-electron chi connectivity index (χ1n) is 7.29. The van der Waals surface area contributed by atoms with Crippen LogP contribution in [-0.2, 0) is 0 Å². The Morgan fingerprint density at radius 3 is 2.82 bits per heavy atom. The molecule has 3 fully saturated rings. The lowest BCUT2D eigenvalue weighted by atomic mass is 9.80. The number of likely N-dealkylation sites (tertiary alicyclic amines) is 1. The van der Waals surface area contributed by atoms with Crippen LogP contribution in [0.1, 0.15) is 32.1 Å². The lowest BCUT2D eigenvalue weighted by Crippen LogP contribution is -2.56. The molecule has 3 rings (SSSR count). The molecule has 3 aliphatic rings. The normalized spacial score (nSPS) is 46.2. The molecule has 1 saturated heterocycles. The van der Waals surface area contributed by atoms with Crippen LogP contribution in [0.3, 0.4) is 0 Å². The van der Waals surface area contributed by atoms with Crippen LogP contribution in [0.2, 0.25) is 0 Å². The van der Waals surface area contributed by atoms with Crippen molar-refractivity contribution in [1.29, 1.82) is 0 Å². The average molecular weight is 237 g/mol. The third-order valence-corrected chi connectivity index (χ3v) is 5.67. The summed E-state index contributed by atoms with van der Waals surface area (Å²) < 4.78 is 0. The topological polar surface area (TPSA) is 32.5 Å². The Labute approximate surface area is 105 Å². The van der Waals surface area contributed by atoms with E-state index in [1.54, 1.807) is 0 Å². The quantitative estimate of drug-likeness (QED) is 0.799. The van der Waals surface area contributed by atoms with Gasteiger partial charge >= 0.3 is 0 Å². The number of nitrogens with two attached hydrogens (primary N) is 1. The molecule has 2 N–H and O–H groups in total. The summed E-state index contributed by atoms with van der Waals surface area (Å²) in [7, 11) is 4.42. The van der Waals surface area contributed by atoms with E-state index in [-0.39, 0.29) is 0 Å². The zero-order chi connectivity index (χ0) is 12.0. The van der Waals surface area contributed by atoms with Gasteiger partial charge in [0.25, 0.3) is 0 Å². The van der Waals surface area contributed by atoms with Gasteiger partial charge in [-0.15, -0.1) is 0 Å². The van der Waals surface area contributed by atoms with Crippen LogP contribution >= 0.6 is 0 Å². The van der Waals surface area contributed by atoms with E-state index in [1.165, 1.54) is 45.2 Å². The Kier molecular flexibility index (Phi) is 2.96. The van der Waals surface area contributed by atoms with Gasteiger partial charge in [-0.25, -0.2) is 0 Å². The molecule has 0 amide bonds. The molecule has 98 valence electrons. The fraction of sp³-hybridized carbons (Fsp3) is 1.00. The molecule has 3 nitrogen and oxygen atoms in total. The lowest BCUT2D eigenvalue weighted by molar-refractivity contribution is 0.0601. The number of fused-ring (bicyclic) bond motifs is 1.